The first-order valence-corrected chi connectivity index (χ1v) is 19.6. The van der Waals surface area contributed by atoms with Gasteiger partial charge in [-0.25, -0.2) is 0 Å². The van der Waals surface area contributed by atoms with E-state index in [0.29, 0.717) is 0 Å². The highest BCUT2D eigenvalue weighted by molar-refractivity contribution is 7.25. The minimum absolute atomic E-state index is 1.15. The van der Waals surface area contributed by atoms with Gasteiger partial charge >= 0.3 is 0 Å². The molecule has 1 heteroatoms. The number of unbranched alkanes of at least 4 members (excludes halogenated alkanes) is 1. The Morgan fingerprint density at radius 2 is 1.02 bits per heavy atom. The van der Waals surface area contributed by atoms with Crippen LogP contribution in [0.25, 0.3) is 97.0 Å². The Bertz CT molecular complexity index is 2920. The predicted octanol–water partition coefficient (Wildman–Crippen LogP) is 15.5. The molecule has 0 bridgehead atoms. The maximum Gasteiger partial charge on any atom is 0.0361 e. The molecule has 0 spiro atoms. The predicted molar refractivity (Wildman–Crippen MR) is 232 cm³/mol. The molecular weight excluding hydrogens is 657 g/mol. The fourth-order valence-corrected chi connectivity index (χ4v) is 9.55. The van der Waals surface area contributed by atoms with Crippen LogP contribution in [0.5, 0.6) is 0 Å². The molecule has 0 nitrogen and oxygen atoms in total. The van der Waals surface area contributed by atoms with Crippen LogP contribution in [-0.2, 0) is 6.42 Å². The topological polar surface area (TPSA) is 0 Å². The van der Waals surface area contributed by atoms with Crippen molar-refractivity contribution < 1.29 is 0 Å². The van der Waals surface area contributed by atoms with Gasteiger partial charge in [-0.05, 0) is 126 Å². The first-order valence-electron chi connectivity index (χ1n) is 18.8. The molecular formula is C52H38S. The zero-order valence-electron chi connectivity index (χ0n) is 29.8. The summed E-state index contributed by atoms with van der Waals surface area (Å²) < 4.78 is 2.72. The maximum atomic E-state index is 2.42. The Hall–Kier alpha value is -6.02. The lowest BCUT2D eigenvalue weighted by Crippen LogP contribution is -1.92. The number of benzene rings is 9. The van der Waals surface area contributed by atoms with Crippen molar-refractivity contribution in [2.24, 2.45) is 0 Å². The minimum atomic E-state index is 1.15. The normalized spacial score (nSPS) is 11.7. The summed E-state index contributed by atoms with van der Waals surface area (Å²) in [4.78, 5) is 0. The van der Waals surface area contributed by atoms with Gasteiger partial charge in [-0.2, -0.15) is 0 Å². The Morgan fingerprint density at radius 3 is 1.79 bits per heavy atom. The second kappa shape index (κ2) is 13.2. The fourth-order valence-electron chi connectivity index (χ4n) is 8.43. The second-order valence-electron chi connectivity index (χ2n) is 14.3. The SMILES string of the molecule is CCCCc1ccc2sc3cc(-c4cccc(-c5c6ccccc6c(-c6cccc7ccc(-c8ccccc8)cc67)c6ccccc56)c4)ccc3c2c1. The van der Waals surface area contributed by atoms with Gasteiger partial charge in [-0.1, -0.05) is 159 Å². The van der Waals surface area contributed by atoms with Gasteiger partial charge in [0.05, 0.1) is 0 Å². The lowest BCUT2D eigenvalue weighted by atomic mass is 9.84. The third-order valence-corrected chi connectivity index (χ3v) is 12.2. The van der Waals surface area contributed by atoms with Gasteiger partial charge in [0, 0.05) is 20.2 Å². The van der Waals surface area contributed by atoms with Gasteiger partial charge in [0.1, 0.15) is 0 Å². The van der Waals surface area contributed by atoms with Crippen molar-refractivity contribution in [2.45, 2.75) is 26.2 Å². The molecule has 0 fully saturated rings. The van der Waals surface area contributed by atoms with Crippen molar-refractivity contribution in [3.63, 3.8) is 0 Å². The van der Waals surface area contributed by atoms with E-state index in [1.165, 1.54) is 115 Å². The highest BCUT2D eigenvalue weighted by atomic mass is 32.1. The molecule has 0 N–H and O–H groups in total. The van der Waals surface area contributed by atoms with Crippen LogP contribution in [0.15, 0.2) is 176 Å². The largest absolute Gasteiger partial charge is 0.135 e. The third-order valence-electron chi connectivity index (χ3n) is 11.0. The quantitative estimate of drug-likeness (QED) is 0.146. The average molecular weight is 695 g/mol. The van der Waals surface area contributed by atoms with Crippen LogP contribution >= 0.6 is 11.3 Å². The van der Waals surface area contributed by atoms with E-state index in [9.17, 15) is 0 Å². The van der Waals surface area contributed by atoms with Crippen LogP contribution in [0, 0.1) is 0 Å². The summed E-state index contributed by atoms with van der Waals surface area (Å²) in [5.41, 5.74) is 11.5. The van der Waals surface area contributed by atoms with Crippen LogP contribution < -0.4 is 0 Å². The molecule has 53 heavy (non-hydrogen) atoms. The number of hydrogen-bond donors (Lipinski definition) is 0. The van der Waals surface area contributed by atoms with E-state index in [1.807, 2.05) is 11.3 Å². The van der Waals surface area contributed by atoms with E-state index in [0.717, 1.165) is 6.42 Å². The van der Waals surface area contributed by atoms with Gasteiger partial charge < -0.3 is 0 Å². The second-order valence-corrected chi connectivity index (χ2v) is 15.4. The molecule has 0 saturated carbocycles. The monoisotopic (exact) mass is 694 g/mol. The summed E-state index contributed by atoms with van der Waals surface area (Å²) in [5, 5.41) is 10.4. The summed E-state index contributed by atoms with van der Waals surface area (Å²) in [6.07, 6.45) is 3.61. The summed E-state index contributed by atoms with van der Waals surface area (Å²) in [6.45, 7) is 2.27. The molecule has 9 aromatic carbocycles. The van der Waals surface area contributed by atoms with Crippen molar-refractivity contribution in [1.82, 2.24) is 0 Å². The molecule has 0 radical (unpaired) electrons. The number of thiophene rings is 1. The summed E-state index contributed by atoms with van der Waals surface area (Å²) >= 11 is 1.91. The Labute approximate surface area is 314 Å². The standard InChI is InChI=1S/C52H38S/c1-2-3-13-34-24-29-49-48(30-34)41-28-27-39(33-50(41)53-49)37-17-11-18-40(31-37)51-42-19-7-9-21-44(42)52(45-22-10-8-20-43(45)51)46-23-12-16-36-25-26-38(32-47(36)46)35-14-5-4-6-15-35/h4-12,14-33H,2-3,13H2,1H3. The van der Waals surface area contributed by atoms with Gasteiger partial charge in [-0.3, -0.25) is 0 Å². The Kier molecular flexibility index (Phi) is 7.89. The van der Waals surface area contributed by atoms with Crippen LogP contribution in [-0.4, -0.2) is 0 Å². The van der Waals surface area contributed by atoms with E-state index >= 15 is 0 Å². The van der Waals surface area contributed by atoms with Crippen molar-refractivity contribution >= 4 is 63.8 Å². The lowest BCUT2D eigenvalue weighted by molar-refractivity contribution is 0.796. The van der Waals surface area contributed by atoms with Crippen molar-refractivity contribution in [2.75, 3.05) is 0 Å². The van der Waals surface area contributed by atoms with Gasteiger partial charge in [0.2, 0.25) is 0 Å². The van der Waals surface area contributed by atoms with Crippen LogP contribution in [0.3, 0.4) is 0 Å². The molecule has 0 aliphatic carbocycles. The zero-order chi connectivity index (χ0) is 35.3. The summed E-state index contributed by atoms with van der Waals surface area (Å²) in [7, 11) is 0. The van der Waals surface area contributed by atoms with E-state index in [1.54, 1.807) is 0 Å². The molecule has 1 aromatic heterocycles. The fraction of sp³-hybridized carbons (Fsp3) is 0.0769. The van der Waals surface area contributed by atoms with Gasteiger partial charge in [-0.15, -0.1) is 11.3 Å². The van der Waals surface area contributed by atoms with Crippen molar-refractivity contribution in [3.8, 4) is 44.5 Å². The van der Waals surface area contributed by atoms with Crippen molar-refractivity contribution in [1.29, 1.82) is 0 Å². The highest BCUT2D eigenvalue weighted by Crippen LogP contribution is 2.46. The molecule has 0 atom stereocenters. The van der Waals surface area contributed by atoms with E-state index in [-0.39, 0.29) is 0 Å². The molecule has 0 unspecified atom stereocenters. The Balaban J connectivity index is 1.14. The van der Waals surface area contributed by atoms with Crippen LogP contribution in [0.2, 0.25) is 0 Å². The van der Waals surface area contributed by atoms with Crippen LogP contribution in [0.1, 0.15) is 25.3 Å². The lowest BCUT2D eigenvalue weighted by Gasteiger charge is -2.19. The van der Waals surface area contributed by atoms with Gasteiger partial charge in [0.25, 0.3) is 0 Å². The average Bonchev–Trinajstić information content (AvgIpc) is 3.59. The molecule has 1 heterocycles. The molecule has 0 amide bonds. The maximum absolute atomic E-state index is 2.42. The number of hydrogen-bond acceptors (Lipinski definition) is 1. The van der Waals surface area contributed by atoms with Crippen molar-refractivity contribution in [3.05, 3.63) is 181 Å². The molecule has 10 rings (SSSR count). The number of aryl methyl sites for hydroxylation is 1. The Morgan fingerprint density at radius 1 is 0.377 bits per heavy atom. The van der Waals surface area contributed by atoms with E-state index in [4.69, 9.17) is 0 Å². The first kappa shape index (κ1) is 31.7. The molecule has 0 aliphatic heterocycles. The zero-order valence-corrected chi connectivity index (χ0v) is 30.6. The number of fused-ring (bicyclic) bond motifs is 6. The molecule has 0 aliphatic rings. The van der Waals surface area contributed by atoms with Crippen LogP contribution in [0.4, 0.5) is 0 Å². The molecule has 252 valence electrons. The summed E-state index contributed by atoms with van der Waals surface area (Å²) in [6, 6.07) is 65.7. The number of rotatable bonds is 7. The minimum Gasteiger partial charge on any atom is -0.135 e. The van der Waals surface area contributed by atoms with Gasteiger partial charge in [0.15, 0.2) is 0 Å². The third kappa shape index (κ3) is 5.52. The molecule has 0 saturated heterocycles. The summed E-state index contributed by atoms with van der Waals surface area (Å²) in [5.74, 6) is 0. The highest BCUT2D eigenvalue weighted by Gasteiger charge is 2.19. The van der Waals surface area contributed by atoms with E-state index < -0.39 is 0 Å². The van der Waals surface area contributed by atoms with E-state index in [2.05, 4.69) is 183 Å². The molecule has 10 aromatic rings. The smallest absolute Gasteiger partial charge is 0.0361 e. The first-order chi connectivity index (χ1) is 26.2.